The van der Waals surface area contributed by atoms with Crippen molar-refractivity contribution in [3.05, 3.63) is 0 Å². The van der Waals surface area contributed by atoms with E-state index in [2.05, 4.69) is 5.32 Å². The number of piperidine rings is 1. The van der Waals surface area contributed by atoms with Crippen LogP contribution in [0.25, 0.3) is 0 Å². The van der Waals surface area contributed by atoms with E-state index in [1.807, 2.05) is 0 Å². The molecule has 2 bridgehead atoms. The van der Waals surface area contributed by atoms with E-state index in [-0.39, 0.29) is 12.4 Å². The molecule has 0 radical (unpaired) electrons. The average Bonchev–Trinajstić information content (AvgIpc) is 3.07. The summed E-state index contributed by atoms with van der Waals surface area (Å²) in [6.07, 6.45) is 3.40. The Bertz CT molecular complexity index is 446. The van der Waals surface area contributed by atoms with Crippen LogP contribution in [0.5, 0.6) is 0 Å². The van der Waals surface area contributed by atoms with Crippen LogP contribution >= 0.6 is 12.4 Å². The topological polar surface area (TPSA) is 52.7 Å². The number of halogens is 1. The van der Waals surface area contributed by atoms with Gasteiger partial charge in [-0.3, -0.25) is 0 Å². The fraction of sp³-hybridized carbons (Fsp3) is 1.00. The summed E-state index contributed by atoms with van der Waals surface area (Å²) in [5.74, 6) is 1.72. The van der Waals surface area contributed by atoms with Gasteiger partial charge in [0.1, 0.15) is 0 Å². The molecule has 7 heteroatoms. The lowest BCUT2D eigenvalue weighted by Crippen LogP contribution is -2.47. The Hall–Kier alpha value is 0.120. The normalized spacial score (nSPS) is 42.5. The summed E-state index contributed by atoms with van der Waals surface area (Å²) in [7, 11) is -3.17. The van der Waals surface area contributed by atoms with E-state index in [1.165, 1.54) is 6.42 Å². The molecule has 0 aromatic carbocycles. The van der Waals surface area contributed by atoms with E-state index in [0.717, 1.165) is 45.6 Å². The Morgan fingerprint density at radius 1 is 1.00 bits per heavy atom. The van der Waals surface area contributed by atoms with Gasteiger partial charge in [0.15, 0.2) is 0 Å². The van der Waals surface area contributed by atoms with Crippen LogP contribution in [0.4, 0.5) is 0 Å². The molecule has 1 saturated carbocycles. The van der Waals surface area contributed by atoms with Gasteiger partial charge in [-0.2, -0.15) is 17.0 Å². The molecule has 4 atom stereocenters. The first-order chi connectivity index (χ1) is 8.64. The molecular weight excluding hydrogens is 286 g/mol. The molecule has 3 saturated heterocycles. The minimum Gasteiger partial charge on any atom is -0.316 e. The van der Waals surface area contributed by atoms with Crippen molar-refractivity contribution in [3.63, 3.8) is 0 Å². The maximum atomic E-state index is 12.7. The average molecular weight is 308 g/mol. The van der Waals surface area contributed by atoms with Crippen LogP contribution in [-0.4, -0.2) is 55.8 Å². The summed E-state index contributed by atoms with van der Waals surface area (Å²) in [5, 5.41) is 3.36. The van der Waals surface area contributed by atoms with Crippen LogP contribution in [-0.2, 0) is 10.2 Å². The molecule has 4 aliphatic rings. The van der Waals surface area contributed by atoms with Crippen molar-refractivity contribution in [1.29, 1.82) is 0 Å². The van der Waals surface area contributed by atoms with Gasteiger partial charge in [0.05, 0.1) is 0 Å². The summed E-state index contributed by atoms with van der Waals surface area (Å²) in [6.45, 7) is 4.21. The molecule has 2 unspecified atom stereocenters. The highest BCUT2D eigenvalue weighted by Crippen LogP contribution is 2.41. The van der Waals surface area contributed by atoms with Crippen molar-refractivity contribution in [2.24, 2.45) is 17.8 Å². The van der Waals surface area contributed by atoms with E-state index in [0.29, 0.717) is 23.8 Å². The summed E-state index contributed by atoms with van der Waals surface area (Å²) < 4.78 is 28.9. The lowest BCUT2D eigenvalue weighted by atomic mass is 10.0. The zero-order valence-electron chi connectivity index (χ0n) is 11.0. The van der Waals surface area contributed by atoms with Crippen molar-refractivity contribution in [3.8, 4) is 0 Å². The third-order valence-electron chi connectivity index (χ3n) is 5.34. The maximum Gasteiger partial charge on any atom is 0.282 e. The molecule has 0 spiro atoms. The summed E-state index contributed by atoms with van der Waals surface area (Å²) in [4.78, 5) is 0. The number of nitrogens with zero attached hydrogens (tertiary/aromatic N) is 2. The van der Waals surface area contributed by atoms with Gasteiger partial charge in [-0.15, -0.1) is 12.4 Å². The zero-order valence-corrected chi connectivity index (χ0v) is 12.6. The number of nitrogens with one attached hydrogen (secondary N) is 1. The van der Waals surface area contributed by atoms with Crippen molar-refractivity contribution in [2.75, 3.05) is 32.7 Å². The number of hydrogen-bond donors (Lipinski definition) is 1. The molecule has 0 aromatic rings. The molecule has 110 valence electrons. The fourth-order valence-corrected chi connectivity index (χ4v) is 6.33. The minimum absolute atomic E-state index is 0. The summed E-state index contributed by atoms with van der Waals surface area (Å²) in [6, 6.07) is 0.304. The Kier molecular flexibility index (Phi) is 3.59. The van der Waals surface area contributed by atoms with Crippen molar-refractivity contribution in [2.45, 2.75) is 25.3 Å². The van der Waals surface area contributed by atoms with Gasteiger partial charge in [-0.25, -0.2) is 0 Å². The highest BCUT2D eigenvalue weighted by Gasteiger charge is 2.49. The molecule has 1 aliphatic carbocycles. The minimum atomic E-state index is -3.17. The second kappa shape index (κ2) is 4.84. The third kappa shape index (κ3) is 2.12. The van der Waals surface area contributed by atoms with Crippen LogP contribution < -0.4 is 5.32 Å². The lowest BCUT2D eigenvalue weighted by Gasteiger charge is -2.30. The Morgan fingerprint density at radius 3 is 2.21 bits per heavy atom. The standard InChI is InChI=1S/C12H21N3O2S.ClH/c16-18(17,15-6-9-1-2-12(15)3-9)14-7-10-4-13-5-11(10)8-14;/h9-13H,1-8H2;1H/t9?,10-,11+,12?;. The monoisotopic (exact) mass is 307 g/mol. The molecular formula is C12H22ClN3O2S. The highest BCUT2D eigenvalue weighted by atomic mass is 35.5. The van der Waals surface area contributed by atoms with Gasteiger partial charge < -0.3 is 5.32 Å². The number of hydrogen-bond acceptors (Lipinski definition) is 3. The van der Waals surface area contributed by atoms with Gasteiger partial charge >= 0.3 is 0 Å². The lowest BCUT2D eigenvalue weighted by molar-refractivity contribution is 0.301. The van der Waals surface area contributed by atoms with Crippen LogP contribution in [0.2, 0.25) is 0 Å². The number of fused-ring (bicyclic) bond motifs is 3. The predicted molar refractivity (Wildman–Crippen MR) is 75.4 cm³/mol. The molecule has 4 rings (SSSR count). The van der Waals surface area contributed by atoms with Gasteiger partial charge in [-0.05, 0) is 50.1 Å². The largest absolute Gasteiger partial charge is 0.316 e. The smallest absolute Gasteiger partial charge is 0.282 e. The van der Waals surface area contributed by atoms with E-state index >= 15 is 0 Å². The predicted octanol–water partition coefficient (Wildman–Crippen LogP) is 0.288. The molecule has 4 fully saturated rings. The van der Waals surface area contributed by atoms with Gasteiger partial charge in [0, 0.05) is 25.7 Å². The van der Waals surface area contributed by atoms with E-state index in [4.69, 9.17) is 0 Å². The Balaban J connectivity index is 0.00000110. The Morgan fingerprint density at radius 2 is 1.68 bits per heavy atom. The Labute approximate surface area is 121 Å². The molecule has 3 heterocycles. The van der Waals surface area contributed by atoms with Crippen molar-refractivity contribution >= 4 is 22.6 Å². The molecule has 0 amide bonds. The molecule has 3 aliphatic heterocycles. The number of rotatable bonds is 2. The first-order valence-electron chi connectivity index (χ1n) is 7.12. The SMILES string of the molecule is Cl.O=S(=O)(N1C[C@H]2CNC[C@H]2C1)N1CC2CCC1C2. The van der Waals surface area contributed by atoms with Crippen LogP contribution in [0.3, 0.4) is 0 Å². The first kappa shape index (κ1) is 14.1. The summed E-state index contributed by atoms with van der Waals surface area (Å²) >= 11 is 0. The van der Waals surface area contributed by atoms with Crippen LogP contribution in [0.15, 0.2) is 0 Å². The molecule has 1 N–H and O–H groups in total. The van der Waals surface area contributed by atoms with Gasteiger partial charge in [-0.1, -0.05) is 0 Å². The van der Waals surface area contributed by atoms with Crippen molar-refractivity contribution < 1.29 is 8.42 Å². The van der Waals surface area contributed by atoms with Crippen LogP contribution in [0.1, 0.15) is 19.3 Å². The molecule has 5 nitrogen and oxygen atoms in total. The quantitative estimate of drug-likeness (QED) is 0.798. The fourth-order valence-electron chi connectivity index (χ4n) is 4.31. The van der Waals surface area contributed by atoms with E-state index in [9.17, 15) is 8.42 Å². The first-order valence-corrected chi connectivity index (χ1v) is 8.52. The second-order valence-electron chi connectivity index (χ2n) is 6.41. The molecule has 19 heavy (non-hydrogen) atoms. The van der Waals surface area contributed by atoms with Gasteiger partial charge in [0.2, 0.25) is 0 Å². The summed E-state index contributed by atoms with van der Waals surface area (Å²) in [5.41, 5.74) is 0. The zero-order chi connectivity index (χ0) is 12.3. The second-order valence-corrected chi connectivity index (χ2v) is 8.29. The van der Waals surface area contributed by atoms with Crippen molar-refractivity contribution in [1.82, 2.24) is 13.9 Å². The highest BCUT2D eigenvalue weighted by molar-refractivity contribution is 7.86. The van der Waals surface area contributed by atoms with E-state index in [1.54, 1.807) is 8.61 Å². The van der Waals surface area contributed by atoms with Gasteiger partial charge in [0.25, 0.3) is 10.2 Å². The molecule has 0 aromatic heterocycles. The maximum absolute atomic E-state index is 12.7. The third-order valence-corrected chi connectivity index (χ3v) is 7.33. The van der Waals surface area contributed by atoms with Crippen LogP contribution in [0, 0.1) is 17.8 Å². The van der Waals surface area contributed by atoms with E-state index < -0.39 is 10.2 Å².